The van der Waals surface area contributed by atoms with E-state index in [1.807, 2.05) is 11.9 Å². The van der Waals surface area contributed by atoms with E-state index in [1.165, 1.54) is 5.56 Å². The molecule has 2 atom stereocenters. The summed E-state index contributed by atoms with van der Waals surface area (Å²) in [6, 6.07) is 10.6. The summed E-state index contributed by atoms with van der Waals surface area (Å²) in [4.78, 5) is 23.8. The first-order valence-electron chi connectivity index (χ1n) is 10.6. The van der Waals surface area contributed by atoms with Crippen molar-refractivity contribution >= 4 is 35.8 Å². The van der Waals surface area contributed by atoms with Gasteiger partial charge in [-0.3, -0.25) is 14.7 Å². The molecule has 2 heterocycles. The van der Waals surface area contributed by atoms with Gasteiger partial charge in [0.15, 0.2) is 5.96 Å². The number of guanidine groups is 1. The number of halogens is 1. The van der Waals surface area contributed by atoms with E-state index in [0.717, 1.165) is 64.6 Å². The maximum absolute atomic E-state index is 12.7. The van der Waals surface area contributed by atoms with Crippen LogP contribution in [0.15, 0.2) is 35.3 Å². The highest BCUT2D eigenvalue weighted by molar-refractivity contribution is 14.0. The maximum atomic E-state index is 12.7. The molecule has 1 aromatic carbocycles. The average molecular weight is 513 g/mol. The molecule has 162 valence electrons. The van der Waals surface area contributed by atoms with Crippen LogP contribution < -0.4 is 5.32 Å². The minimum absolute atomic E-state index is 0. The van der Waals surface area contributed by atoms with Crippen LogP contribution in [0.2, 0.25) is 0 Å². The summed E-state index contributed by atoms with van der Waals surface area (Å²) >= 11 is 0. The van der Waals surface area contributed by atoms with Crippen LogP contribution in [-0.4, -0.2) is 85.5 Å². The Kier molecular flexibility index (Phi) is 9.68. The molecule has 1 amide bonds. The van der Waals surface area contributed by atoms with Gasteiger partial charge in [0.1, 0.15) is 0 Å². The van der Waals surface area contributed by atoms with Crippen LogP contribution in [0.5, 0.6) is 0 Å². The van der Waals surface area contributed by atoms with Crippen LogP contribution in [0.3, 0.4) is 0 Å². The molecule has 0 saturated carbocycles. The Morgan fingerprint density at radius 3 is 2.21 bits per heavy atom. The number of hydrogen-bond donors (Lipinski definition) is 1. The molecule has 1 N–H and O–H groups in total. The fourth-order valence-electron chi connectivity index (χ4n) is 4.16. The molecule has 2 aliphatic rings. The van der Waals surface area contributed by atoms with E-state index in [2.05, 4.69) is 64.3 Å². The smallest absolute Gasteiger partial charge is 0.239 e. The molecule has 0 aliphatic carbocycles. The van der Waals surface area contributed by atoms with Gasteiger partial charge in [-0.25, -0.2) is 0 Å². The molecule has 7 heteroatoms. The molecule has 0 bridgehead atoms. The fourth-order valence-corrected chi connectivity index (χ4v) is 4.16. The lowest BCUT2D eigenvalue weighted by atomic mass is 10.0. The van der Waals surface area contributed by atoms with Crippen LogP contribution in [0.1, 0.15) is 38.2 Å². The molecule has 3 rings (SSSR count). The Balaban J connectivity index is 0.00000300. The van der Waals surface area contributed by atoms with Crippen LogP contribution in [-0.2, 0) is 4.79 Å². The van der Waals surface area contributed by atoms with Gasteiger partial charge in [-0.15, -0.1) is 24.0 Å². The van der Waals surface area contributed by atoms with E-state index in [-0.39, 0.29) is 30.0 Å². The summed E-state index contributed by atoms with van der Waals surface area (Å²) in [6.45, 7) is 10.6. The van der Waals surface area contributed by atoms with E-state index < -0.39 is 0 Å². The molecule has 1 aromatic rings. The first-order valence-corrected chi connectivity index (χ1v) is 10.6. The third-order valence-corrected chi connectivity index (χ3v) is 6.08. The fraction of sp³-hybridized carbons (Fsp3) is 0.636. The van der Waals surface area contributed by atoms with Gasteiger partial charge >= 0.3 is 0 Å². The summed E-state index contributed by atoms with van der Waals surface area (Å²) in [5, 5.41) is 3.53. The van der Waals surface area contributed by atoms with Crippen LogP contribution in [0.25, 0.3) is 0 Å². The number of nitrogens with one attached hydrogen (secondary N) is 1. The molecular weight excluding hydrogens is 477 g/mol. The third-order valence-electron chi connectivity index (χ3n) is 6.08. The second kappa shape index (κ2) is 11.7. The molecular formula is C22H36IN5O. The Labute approximate surface area is 192 Å². The number of carbonyl (C=O) groups is 1. The van der Waals surface area contributed by atoms with E-state index >= 15 is 0 Å². The first kappa shape index (κ1) is 23.9. The lowest BCUT2D eigenvalue weighted by molar-refractivity contribution is -0.135. The molecule has 29 heavy (non-hydrogen) atoms. The number of benzene rings is 1. The zero-order chi connectivity index (χ0) is 19.9. The van der Waals surface area contributed by atoms with Crippen molar-refractivity contribution in [2.75, 3.05) is 52.9 Å². The number of likely N-dealkylation sites (tertiary alicyclic amines) is 1. The van der Waals surface area contributed by atoms with E-state index in [1.54, 1.807) is 0 Å². The first-order chi connectivity index (χ1) is 13.6. The van der Waals surface area contributed by atoms with Crippen molar-refractivity contribution in [3.8, 4) is 0 Å². The predicted molar refractivity (Wildman–Crippen MR) is 130 cm³/mol. The summed E-state index contributed by atoms with van der Waals surface area (Å²) < 4.78 is 0. The lowest BCUT2D eigenvalue weighted by Gasteiger charge is -2.39. The van der Waals surface area contributed by atoms with Crippen molar-refractivity contribution in [1.29, 1.82) is 0 Å². The standard InChI is InChI=1S/C22H35N5O.HI/c1-18(20-9-5-4-6-10-20)17-24-22(23-3)27-15-13-25(14-16-27)19(2)21(28)26-11-7-8-12-26;/h4-6,9-10,18-19H,7-8,11-17H2,1-3H3,(H,23,24);1H. The number of carbonyl (C=O) groups excluding carboxylic acids is 1. The predicted octanol–water partition coefficient (Wildman–Crippen LogP) is 2.61. The SMILES string of the molecule is CN=C(NCC(C)c1ccccc1)N1CCN(C(C)C(=O)N2CCCC2)CC1.I. The number of amides is 1. The summed E-state index contributed by atoms with van der Waals surface area (Å²) in [5.41, 5.74) is 1.34. The quantitative estimate of drug-likeness (QED) is 0.374. The number of aliphatic imine (C=N–C) groups is 1. The van der Waals surface area contributed by atoms with Crippen molar-refractivity contribution in [1.82, 2.24) is 20.0 Å². The third kappa shape index (κ3) is 6.31. The van der Waals surface area contributed by atoms with Crippen LogP contribution in [0.4, 0.5) is 0 Å². The molecule has 2 unspecified atom stereocenters. The maximum Gasteiger partial charge on any atom is 0.239 e. The van der Waals surface area contributed by atoms with Crippen molar-refractivity contribution in [2.24, 2.45) is 4.99 Å². The molecule has 0 spiro atoms. The molecule has 2 fully saturated rings. The Hall–Kier alpha value is -1.35. The van der Waals surface area contributed by atoms with Crippen molar-refractivity contribution in [2.45, 2.75) is 38.6 Å². The van der Waals surface area contributed by atoms with Crippen LogP contribution in [0, 0.1) is 0 Å². The summed E-state index contributed by atoms with van der Waals surface area (Å²) in [5.74, 6) is 1.68. The highest BCUT2D eigenvalue weighted by Crippen LogP contribution is 2.15. The highest BCUT2D eigenvalue weighted by Gasteiger charge is 2.30. The van der Waals surface area contributed by atoms with Crippen molar-refractivity contribution in [3.63, 3.8) is 0 Å². The normalized spacial score (nSPS) is 20.2. The minimum Gasteiger partial charge on any atom is -0.356 e. The molecule has 0 aromatic heterocycles. The monoisotopic (exact) mass is 513 g/mol. The number of piperazine rings is 1. The largest absolute Gasteiger partial charge is 0.356 e. The highest BCUT2D eigenvalue weighted by atomic mass is 127. The lowest BCUT2D eigenvalue weighted by Crippen LogP contribution is -2.57. The van der Waals surface area contributed by atoms with Gasteiger partial charge < -0.3 is 15.1 Å². The Bertz CT molecular complexity index is 654. The van der Waals surface area contributed by atoms with Crippen molar-refractivity contribution in [3.05, 3.63) is 35.9 Å². The Morgan fingerprint density at radius 1 is 1.00 bits per heavy atom. The van der Waals surface area contributed by atoms with E-state index in [9.17, 15) is 4.79 Å². The number of nitrogens with zero attached hydrogens (tertiary/aromatic N) is 4. The second-order valence-electron chi connectivity index (χ2n) is 7.97. The second-order valence-corrected chi connectivity index (χ2v) is 7.97. The van der Waals surface area contributed by atoms with Crippen molar-refractivity contribution < 1.29 is 4.79 Å². The zero-order valence-corrected chi connectivity index (χ0v) is 20.3. The number of hydrogen-bond acceptors (Lipinski definition) is 3. The summed E-state index contributed by atoms with van der Waals surface area (Å²) in [7, 11) is 1.85. The molecule has 2 saturated heterocycles. The molecule has 0 radical (unpaired) electrons. The van der Waals surface area contributed by atoms with Gasteiger partial charge in [-0.2, -0.15) is 0 Å². The van der Waals surface area contributed by atoms with Gasteiger partial charge in [0, 0.05) is 52.9 Å². The molecule has 6 nitrogen and oxygen atoms in total. The number of rotatable bonds is 5. The van der Waals surface area contributed by atoms with Gasteiger partial charge in [-0.1, -0.05) is 37.3 Å². The topological polar surface area (TPSA) is 51.2 Å². The molecule has 2 aliphatic heterocycles. The van der Waals surface area contributed by atoms with E-state index in [4.69, 9.17) is 0 Å². The van der Waals surface area contributed by atoms with Gasteiger partial charge in [-0.05, 0) is 31.2 Å². The van der Waals surface area contributed by atoms with Gasteiger partial charge in [0.05, 0.1) is 6.04 Å². The Morgan fingerprint density at radius 2 is 1.62 bits per heavy atom. The zero-order valence-electron chi connectivity index (χ0n) is 18.0. The van der Waals surface area contributed by atoms with Gasteiger partial charge in [0.25, 0.3) is 0 Å². The van der Waals surface area contributed by atoms with E-state index in [0.29, 0.717) is 11.8 Å². The minimum atomic E-state index is -0.0201. The van der Waals surface area contributed by atoms with Crippen LogP contribution >= 0.6 is 24.0 Å². The average Bonchev–Trinajstić information content (AvgIpc) is 3.29. The van der Waals surface area contributed by atoms with Gasteiger partial charge in [0.2, 0.25) is 5.91 Å². The summed E-state index contributed by atoms with van der Waals surface area (Å²) in [6.07, 6.45) is 2.30.